The van der Waals surface area contributed by atoms with E-state index in [1.54, 1.807) is 12.0 Å². The molecule has 1 saturated heterocycles. The van der Waals surface area contributed by atoms with E-state index in [0.29, 0.717) is 30.3 Å². The van der Waals surface area contributed by atoms with Crippen molar-refractivity contribution in [3.8, 4) is 11.5 Å². The number of anilines is 1. The molecule has 1 atom stereocenters. The van der Waals surface area contributed by atoms with Crippen LogP contribution in [-0.2, 0) is 9.59 Å². The van der Waals surface area contributed by atoms with Crippen LogP contribution in [0.1, 0.15) is 54.8 Å². The molecule has 2 aliphatic rings. The molecule has 0 unspecified atom stereocenters. The molecule has 1 aliphatic heterocycles. The lowest BCUT2D eigenvalue weighted by atomic mass is 9.97. The number of carbonyl (C=O) groups excluding carboxylic acids is 2. The Morgan fingerprint density at radius 2 is 1.91 bits per heavy atom. The van der Waals surface area contributed by atoms with Gasteiger partial charge in [0.15, 0.2) is 11.5 Å². The van der Waals surface area contributed by atoms with E-state index in [9.17, 15) is 9.59 Å². The first-order valence-electron chi connectivity index (χ1n) is 11.3. The number of rotatable bonds is 7. The second kappa shape index (κ2) is 9.59. The fourth-order valence-corrected chi connectivity index (χ4v) is 4.65. The normalized spacial score (nSPS) is 18.8. The van der Waals surface area contributed by atoms with E-state index in [1.165, 1.54) is 12.8 Å². The van der Waals surface area contributed by atoms with Gasteiger partial charge in [-0.05, 0) is 81.3 Å². The topological polar surface area (TPSA) is 80.8 Å². The van der Waals surface area contributed by atoms with Crippen LogP contribution in [0.3, 0.4) is 0 Å². The van der Waals surface area contributed by atoms with Crippen molar-refractivity contribution >= 4 is 17.6 Å². The molecule has 2 amide bonds. The van der Waals surface area contributed by atoms with Gasteiger partial charge in [-0.3, -0.25) is 9.59 Å². The predicted octanol–water partition coefficient (Wildman–Crippen LogP) is 3.98. The summed E-state index contributed by atoms with van der Waals surface area (Å²) in [7, 11) is 1.63. The molecule has 1 aliphatic carbocycles. The molecule has 1 aromatic heterocycles. The lowest BCUT2D eigenvalue weighted by Gasteiger charge is -2.19. The van der Waals surface area contributed by atoms with Crippen LogP contribution >= 0.6 is 0 Å². The average molecular weight is 438 g/mol. The molecule has 1 N–H and O–H groups in total. The van der Waals surface area contributed by atoms with E-state index in [1.807, 2.05) is 44.2 Å². The van der Waals surface area contributed by atoms with Gasteiger partial charge in [0.1, 0.15) is 5.82 Å². The van der Waals surface area contributed by atoms with Crippen molar-refractivity contribution in [2.24, 2.45) is 0 Å². The van der Waals surface area contributed by atoms with Crippen LogP contribution in [-0.4, -0.2) is 48.0 Å². The molecule has 32 heavy (non-hydrogen) atoms. The molecule has 7 nitrogen and oxygen atoms in total. The summed E-state index contributed by atoms with van der Waals surface area (Å²) in [6.45, 7) is 4.41. The maximum absolute atomic E-state index is 13.1. The van der Waals surface area contributed by atoms with Gasteiger partial charge in [-0.2, -0.15) is 0 Å². The average Bonchev–Trinajstić information content (AvgIpc) is 3.37. The molecule has 0 radical (unpaired) electrons. The summed E-state index contributed by atoms with van der Waals surface area (Å²) in [6, 6.07) is 9.50. The van der Waals surface area contributed by atoms with Crippen LogP contribution in [0.2, 0.25) is 0 Å². The molecule has 4 rings (SSSR count). The maximum atomic E-state index is 13.1. The largest absolute Gasteiger partial charge is 0.493 e. The zero-order chi connectivity index (χ0) is 22.7. The molecular formula is C25H31N3O4. The second-order valence-electron chi connectivity index (χ2n) is 8.75. The van der Waals surface area contributed by atoms with Crippen molar-refractivity contribution in [3.63, 3.8) is 0 Å². The fraction of sp³-hybridized carbons (Fsp3) is 0.480. The minimum atomic E-state index is -0.279. The van der Waals surface area contributed by atoms with Crippen molar-refractivity contribution in [3.05, 3.63) is 47.2 Å². The zero-order valence-corrected chi connectivity index (χ0v) is 19.0. The number of aromatic nitrogens is 1. The molecule has 7 heteroatoms. The smallest absolute Gasteiger partial charge is 0.245 e. The Bertz CT molecular complexity index is 980. The molecule has 1 aromatic carbocycles. The minimum absolute atomic E-state index is 0.0194. The summed E-state index contributed by atoms with van der Waals surface area (Å²) < 4.78 is 11.7. The third kappa shape index (κ3) is 5.03. The number of aryl methyl sites for hydroxylation is 2. The highest BCUT2D eigenvalue weighted by atomic mass is 16.5. The lowest BCUT2D eigenvalue weighted by molar-refractivity contribution is -0.132. The van der Waals surface area contributed by atoms with Crippen LogP contribution in [0.15, 0.2) is 30.3 Å². The summed E-state index contributed by atoms with van der Waals surface area (Å²) >= 11 is 0. The van der Waals surface area contributed by atoms with Gasteiger partial charge < -0.3 is 19.7 Å². The Morgan fingerprint density at radius 3 is 2.62 bits per heavy atom. The molecule has 0 spiro atoms. The molecule has 0 bridgehead atoms. The van der Waals surface area contributed by atoms with Crippen LogP contribution < -0.4 is 14.8 Å². The van der Waals surface area contributed by atoms with Crippen molar-refractivity contribution in [2.45, 2.75) is 58.0 Å². The number of nitrogens with one attached hydrogen (secondary N) is 1. The monoisotopic (exact) mass is 437 g/mol. The van der Waals surface area contributed by atoms with Crippen molar-refractivity contribution in [2.75, 3.05) is 25.5 Å². The first kappa shape index (κ1) is 22.1. The van der Waals surface area contributed by atoms with E-state index < -0.39 is 0 Å². The van der Waals surface area contributed by atoms with Gasteiger partial charge in [-0.25, -0.2) is 4.98 Å². The zero-order valence-electron chi connectivity index (χ0n) is 19.0. The lowest BCUT2D eigenvalue weighted by Crippen LogP contribution is -2.35. The number of amides is 2. The number of hydrogen-bond acceptors (Lipinski definition) is 5. The van der Waals surface area contributed by atoms with Gasteiger partial charge in [0.2, 0.25) is 11.8 Å². The highest BCUT2D eigenvalue weighted by Crippen LogP contribution is 2.37. The summed E-state index contributed by atoms with van der Waals surface area (Å²) in [4.78, 5) is 31.6. The summed E-state index contributed by atoms with van der Waals surface area (Å²) in [6.07, 6.45) is 5.34. The number of methoxy groups -OCH3 is 1. The van der Waals surface area contributed by atoms with Crippen molar-refractivity contribution in [1.29, 1.82) is 0 Å². The van der Waals surface area contributed by atoms with Crippen LogP contribution in [0.25, 0.3) is 0 Å². The Kier molecular flexibility index (Phi) is 6.63. The van der Waals surface area contributed by atoms with Gasteiger partial charge in [-0.15, -0.1) is 0 Å². The Morgan fingerprint density at radius 1 is 1.12 bits per heavy atom. The van der Waals surface area contributed by atoms with Crippen molar-refractivity contribution in [1.82, 2.24) is 9.88 Å². The first-order chi connectivity index (χ1) is 15.4. The number of ether oxygens (including phenoxy) is 2. The van der Waals surface area contributed by atoms with E-state index in [2.05, 4.69) is 10.3 Å². The van der Waals surface area contributed by atoms with E-state index >= 15 is 0 Å². The molecule has 2 fully saturated rings. The number of likely N-dealkylation sites (tertiary alicyclic amines) is 1. The summed E-state index contributed by atoms with van der Waals surface area (Å²) in [5, 5.41) is 2.81. The SMILES string of the molecule is COc1ccc([C@@H]2CCN(CC(=O)Nc3cc(C)cc(C)n3)C2=O)cc1OC1CCCC1. The Hall–Kier alpha value is -3.09. The fourth-order valence-electron chi connectivity index (χ4n) is 4.65. The molecule has 1 saturated carbocycles. The number of benzene rings is 1. The standard InChI is InChI=1S/C25H31N3O4/c1-16-12-17(2)26-23(13-16)27-24(29)15-28-11-10-20(25(28)30)18-8-9-21(31-3)22(14-18)32-19-6-4-5-7-19/h8-9,12-14,19-20H,4-7,10-11,15H2,1-3H3,(H,26,27,29)/t20-/m0/s1. The van der Waals surface area contributed by atoms with Crippen LogP contribution in [0, 0.1) is 13.8 Å². The van der Waals surface area contributed by atoms with Gasteiger partial charge >= 0.3 is 0 Å². The van der Waals surface area contributed by atoms with E-state index in [0.717, 1.165) is 29.7 Å². The summed E-state index contributed by atoms with van der Waals surface area (Å²) in [5.74, 6) is 1.34. The van der Waals surface area contributed by atoms with Gasteiger partial charge in [0.25, 0.3) is 0 Å². The third-order valence-corrected chi connectivity index (χ3v) is 6.18. The molecule has 170 valence electrons. The Balaban J connectivity index is 1.41. The van der Waals surface area contributed by atoms with Gasteiger partial charge in [0, 0.05) is 12.2 Å². The number of hydrogen-bond donors (Lipinski definition) is 1. The molecule has 2 heterocycles. The van der Waals surface area contributed by atoms with Crippen LogP contribution in [0.4, 0.5) is 5.82 Å². The minimum Gasteiger partial charge on any atom is -0.493 e. The van der Waals surface area contributed by atoms with E-state index in [-0.39, 0.29) is 30.4 Å². The third-order valence-electron chi connectivity index (χ3n) is 6.18. The number of carbonyl (C=O) groups is 2. The summed E-state index contributed by atoms with van der Waals surface area (Å²) in [5.41, 5.74) is 2.77. The predicted molar refractivity (Wildman–Crippen MR) is 122 cm³/mol. The number of nitrogens with zero attached hydrogens (tertiary/aromatic N) is 2. The highest BCUT2D eigenvalue weighted by molar-refractivity contribution is 5.95. The quantitative estimate of drug-likeness (QED) is 0.709. The van der Waals surface area contributed by atoms with Crippen LogP contribution in [0.5, 0.6) is 11.5 Å². The maximum Gasteiger partial charge on any atom is 0.245 e. The first-order valence-corrected chi connectivity index (χ1v) is 11.3. The van der Waals surface area contributed by atoms with E-state index in [4.69, 9.17) is 9.47 Å². The van der Waals surface area contributed by atoms with Gasteiger partial charge in [-0.1, -0.05) is 6.07 Å². The molecular weight excluding hydrogens is 406 g/mol. The Labute approximate surface area is 189 Å². The molecule has 2 aromatic rings. The second-order valence-corrected chi connectivity index (χ2v) is 8.75. The number of pyridine rings is 1. The van der Waals surface area contributed by atoms with Crippen molar-refractivity contribution < 1.29 is 19.1 Å². The highest BCUT2D eigenvalue weighted by Gasteiger charge is 2.34. The van der Waals surface area contributed by atoms with Gasteiger partial charge in [0.05, 0.1) is 25.7 Å².